The molecule has 1 aliphatic rings. The molecule has 0 unspecified atom stereocenters. The highest BCUT2D eigenvalue weighted by Crippen LogP contribution is 2.15. The molecule has 0 atom stereocenters. The van der Waals surface area contributed by atoms with Crippen LogP contribution < -0.4 is 0 Å². The molecule has 1 fully saturated rings. The van der Waals surface area contributed by atoms with E-state index in [0.29, 0.717) is 38.5 Å². The molecule has 0 aromatic heterocycles. The number of benzene rings is 2. The minimum absolute atomic E-state index is 0.188. The number of rotatable bonds is 9. The standard InChI is InChI=1S/C22H26BrNO4/c23-16-18-6-8-19(9-7-18)17-26-14-15-27-21-10-12-24(13-11-21)28-22(25)20-4-2-1-3-5-20/h1-9,21H,10-17H2. The number of hydrogen-bond acceptors (Lipinski definition) is 5. The van der Waals surface area contributed by atoms with Gasteiger partial charge < -0.3 is 14.3 Å². The van der Waals surface area contributed by atoms with E-state index >= 15 is 0 Å². The molecule has 0 N–H and O–H groups in total. The third-order valence-electron chi connectivity index (χ3n) is 4.65. The topological polar surface area (TPSA) is 48.0 Å². The lowest BCUT2D eigenvalue weighted by atomic mass is 10.1. The molecule has 1 saturated heterocycles. The Labute approximate surface area is 174 Å². The number of piperidine rings is 1. The molecule has 150 valence electrons. The summed E-state index contributed by atoms with van der Waals surface area (Å²) in [6.07, 6.45) is 1.88. The largest absolute Gasteiger partial charge is 0.376 e. The van der Waals surface area contributed by atoms with Gasteiger partial charge in [-0.05, 0) is 36.1 Å². The zero-order valence-electron chi connectivity index (χ0n) is 15.9. The Bertz CT molecular complexity index is 715. The van der Waals surface area contributed by atoms with E-state index in [1.807, 2.05) is 18.2 Å². The van der Waals surface area contributed by atoms with Crippen LogP contribution in [0.4, 0.5) is 0 Å². The molecule has 6 heteroatoms. The minimum Gasteiger partial charge on any atom is -0.376 e. The second-order valence-electron chi connectivity index (χ2n) is 6.75. The average Bonchev–Trinajstić information content (AvgIpc) is 2.75. The van der Waals surface area contributed by atoms with Crippen molar-refractivity contribution < 1.29 is 19.1 Å². The van der Waals surface area contributed by atoms with Gasteiger partial charge in [0.2, 0.25) is 0 Å². The molecule has 1 heterocycles. The van der Waals surface area contributed by atoms with Crippen molar-refractivity contribution in [3.05, 3.63) is 71.3 Å². The highest BCUT2D eigenvalue weighted by Gasteiger charge is 2.22. The lowest BCUT2D eigenvalue weighted by Gasteiger charge is -2.30. The van der Waals surface area contributed by atoms with Crippen LogP contribution in [0.1, 0.15) is 34.3 Å². The quantitative estimate of drug-likeness (QED) is 0.422. The van der Waals surface area contributed by atoms with Gasteiger partial charge in [0.25, 0.3) is 0 Å². The molecule has 3 rings (SSSR count). The lowest BCUT2D eigenvalue weighted by Crippen LogP contribution is -2.38. The van der Waals surface area contributed by atoms with Gasteiger partial charge in [-0.25, -0.2) is 4.79 Å². The van der Waals surface area contributed by atoms with Crippen molar-refractivity contribution in [1.29, 1.82) is 0 Å². The maximum atomic E-state index is 12.1. The van der Waals surface area contributed by atoms with Crippen LogP contribution in [-0.4, -0.2) is 43.4 Å². The Balaban J connectivity index is 1.27. The van der Waals surface area contributed by atoms with Gasteiger partial charge in [-0.15, -0.1) is 5.06 Å². The van der Waals surface area contributed by atoms with Gasteiger partial charge in [0.05, 0.1) is 31.5 Å². The Hall–Kier alpha value is -1.73. The first-order valence-corrected chi connectivity index (χ1v) is 10.7. The van der Waals surface area contributed by atoms with Crippen molar-refractivity contribution in [2.75, 3.05) is 26.3 Å². The summed E-state index contributed by atoms with van der Waals surface area (Å²) in [5, 5.41) is 2.59. The van der Waals surface area contributed by atoms with E-state index in [1.54, 1.807) is 17.2 Å². The van der Waals surface area contributed by atoms with Gasteiger partial charge in [0.15, 0.2) is 0 Å². The fourth-order valence-electron chi connectivity index (χ4n) is 3.02. The third-order valence-corrected chi connectivity index (χ3v) is 5.30. The van der Waals surface area contributed by atoms with Crippen molar-refractivity contribution in [2.24, 2.45) is 0 Å². The highest BCUT2D eigenvalue weighted by atomic mass is 79.9. The van der Waals surface area contributed by atoms with Gasteiger partial charge in [-0.3, -0.25) is 0 Å². The molecule has 0 bridgehead atoms. The van der Waals surface area contributed by atoms with Crippen LogP contribution in [-0.2, 0) is 26.2 Å². The monoisotopic (exact) mass is 447 g/mol. The highest BCUT2D eigenvalue weighted by molar-refractivity contribution is 9.08. The van der Waals surface area contributed by atoms with Crippen LogP contribution in [0.3, 0.4) is 0 Å². The second kappa shape index (κ2) is 11.3. The average molecular weight is 448 g/mol. The fourth-order valence-corrected chi connectivity index (χ4v) is 3.40. The Morgan fingerprint density at radius 2 is 1.64 bits per heavy atom. The first-order chi connectivity index (χ1) is 13.7. The first-order valence-electron chi connectivity index (χ1n) is 9.60. The van der Waals surface area contributed by atoms with Crippen LogP contribution >= 0.6 is 15.9 Å². The number of halogens is 1. The maximum Gasteiger partial charge on any atom is 0.357 e. The van der Waals surface area contributed by atoms with Crippen LogP contribution in [0.15, 0.2) is 54.6 Å². The van der Waals surface area contributed by atoms with E-state index in [2.05, 4.69) is 40.2 Å². The summed E-state index contributed by atoms with van der Waals surface area (Å²) in [6.45, 7) is 3.12. The summed E-state index contributed by atoms with van der Waals surface area (Å²) < 4.78 is 11.6. The predicted molar refractivity (Wildman–Crippen MR) is 111 cm³/mol. The molecule has 0 amide bonds. The SMILES string of the molecule is O=C(ON1CCC(OCCOCc2ccc(CBr)cc2)CC1)c1ccccc1. The number of alkyl halides is 1. The first kappa shape index (κ1) is 21.0. The van der Waals surface area contributed by atoms with Crippen molar-refractivity contribution in [3.63, 3.8) is 0 Å². The molecule has 5 nitrogen and oxygen atoms in total. The van der Waals surface area contributed by atoms with Gasteiger partial charge >= 0.3 is 5.97 Å². The number of ether oxygens (including phenoxy) is 2. The van der Waals surface area contributed by atoms with Gasteiger partial charge in [0, 0.05) is 18.4 Å². The molecular weight excluding hydrogens is 422 g/mol. The molecule has 0 aliphatic carbocycles. The lowest BCUT2D eigenvalue weighted by molar-refractivity contribution is -0.141. The zero-order valence-corrected chi connectivity index (χ0v) is 17.5. The second-order valence-corrected chi connectivity index (χ2v) is 7.31. The molecule has 0 radical (unpaired) electrons. The van der Waals surface area contributed by atoms with Crippen molar-refractivity contribution >= 4 is 21.9 Å². The smallest absolute Gasteiger partial charge is 0.357 e. The molecule has 1 aliphatic heterocycles. The van der Waals surface area contributed by atoms with E-state index in [1.165, 1.54) is 11.1 Å². The van der Waals surface area contributed by atoms with Crippen LogP contribution in [0.5, 0.6) is 0 Å². The molecule has 2 aromatic rings. The Kier molecular flexibility index (Phi) is 8.48. The minimum atomic E-state index is -0.308. The number of nitrogens with zero attached hydrogens (tertiary/aromatic N) is 1. The van der Waals surface area contributed by atoms with E-state index in [-0.39, 0.29) is 12.1 Å². The normalized spacial score (nSPS) is 15.5. The summed E-state index contributed by atoms with van der Waals surface area (Å²) in [7, 11) is 0. The number of hydrogen-bond donors (Lipinski definition) is 0. The summed E-state index contributed by atoms with van der Waals surface area (Å²) in [4.78, 5) is 17.5. The molecular formula is C22H26BrNO4. The molecule has 0 spiro atoms. The Morgan fingerprint density at radius 1 is 0.964 bits per heavy atom. The van der Waals surface area contributed by atoms with Crippen LogP contribution in [0.2, 0.25) is 0 Å². The predicted octanol–water partition coefficient (Wildman–Crippen LogP) is 4.35. The van der Waals surface area contributed by atoms with Crippen molar-refractivity contribution in [1.82, 2.24) is 5.06 Å². The van der Waals surface area contributed by atoms with Gasteiger partial charge in [-0.2, -0.15) is 0 Å². The van der Waals surface area contributed by atoms with Crippen LogP contribution in [0, 0.1) is 0 Å². The Morgan fingerprint density at radius 3 is 2.32 bits per heavy atom. The number of carbonyl (C=O) groups excluding carboxylic acids is 1. The summed E-state index contributed by atoms with van der Waals surface area (Å²) in [5.41, 5.74) is 2.99. The van der Waals surface area contributed by atoms with E-state index in [0.717, 1.165) is 18.2 Å². The molecule has 2 aromatic carbocycles. The molecule has 0 saturated carbocycles. The summed E-state index contributed by atoms with van der Waals surface area (Å²) in [5.74, 6) is -0.308. The van der Waals surface area contributed by atoms with Crippen molar-refractivity contribution in [2.45, 2.75) is 30.9 Å². The molecule has 28 heavy (non-hydrogen) atoms. The van der Waals surface area contributed by atoms with Gasteiger partial charge in [0.1, 0.15) is 0 Å². The number of hydroxylamine groups is 2. The van der Waals surface area contributed by atoms with Crippen molar-refractivity contribution in [3.8, 4) is 0 Å². The third kappa shape index (κ3) is 6.71. The van der Waals surface area contributed by atoms with Gasteiger partial charge in [-0.1, -0.05) is 58.4 Å². The van der Waals surface area contributed by atoms with E-state index in [9.17, 15) is 4.79 Å². The van der Waals surface area contributed by atoms with E-state index < -0.39 is 0 Å². The zero-order chi connectivity index (χ0) is 19.6. The number of carbonyl (C=O) groups is 1. The van der Waals surface area contributed by atoms with Crippen LogP contribution in [0.25, 0.3) is 0 Å². The van der Waals surface area contributed by atoms with E-state index in [4.69, 9.17) is 14.3 Å². The fraction of sp³-hybridized carbons (Fsp3) is 0.409. The maximum absolute atomic E-state index is 12.1. The summed E-state index contributed by atoms with van der Waals surface area (Å²) in [6, 6.07) is 17.4. The summed E-state index contributed by atoms with van der Waals surface area (Å²) >= 11 is 3.44.